The van der Waals surface area contributed by atoms with Crippen LogP contribution >= 0.6 is 0 Å². The SMILES string of the molecule is CC(COCCCCCCCCCCCCCCn1ccnc1)OCc1ccccc1. The van der Waals surface area contributed by atoms with Gasteiger partial charge in [0.2, 0.25) is 0 Å². The predicted octanol–water partition coefficient (Wildman–Crippen LogP) is 7.19. The molecular formula is C27H44N2O2. The molecule has 0 spiro atoms. The summed E-state index contributed by atoms with van der Waals surface area (Å²) in [6.45, 7) is 5.42. The number of hydrogen-bond acceptors (Lipinski definition) is 3. The summed E-state index contributed by atoms with van der Waals surface area (Å²) in [6, 6.07) is 10.3. The second kappa shape index (κ2) is 18.0. The van der Waals surface area contributed by atoms with Crippen molar-refractivity contribution >= 4 is 0 Å². The third-order valence-electron chi connectivity index (χ3n) is 5.74. The minimum absolute atomic E-state index is 0.150. The average Bonchev–Trinajstić information content (AvgIpc) is 3.31. The number of benzene rings is 1. The molecule has 2 aromatic rings. The number of hydrogen-bond donors (Lipinski definition) is 0. The highest BCUT2D eigenvalue weighted by Crippen LogP contribution is 2.12. The Labute approximate surface area is 190 Å². The minimum atomic E-state index is 0.150. The summed E-state index contributed by atoms with van der Waals surface area (Å²) in [7, 11) is 0. The Morgan fingerprint density at radius 1 is 0.806 bits per heavy atom. The molecule has 0 aliphatic rings. The van der Waals surface area contributed by atoms with Crippen molar-refractivity contribution in [2.45, 2.75) is 103 Å². The van der Waals surface area contributed by atoms with E-state index in [4.69, 9.17) is 9.47 Å². The zero-order valence-electron chi connectivity index (χ0n) is 19.7. The fourth-order valence-electron chi connectivity index (χ4n) is 3.80. The number of aryl methyl sites for hydroxylation is 1. The van der Waals surface area contributed by atoms with Gasteiger partial charge >= 0.3 is 0 Å². The highest BCUT2D eigenvalue weighted by atomic mass is 16.5. The van der Waals surface area contributed by atoms with Gasteiger partial charge in [-0.2, -0.15) is 0 Å². The van der Waals surface area contributed by atoms with Crippen molar-refractivity contribution in [1.29, 1.82) is 0 Å². The first-order valence-electron chi connectivity index (χ1n) is 12.5. The van der Waals surface area contributed by atoms with Crippen LogP contribution in [0.4, 0.5) is 0 Å². The van der Waals surface area contributed by atoms with Gasteiger partial charge in [-0.15, -0.1) is 0 Å². The molecule has 0 saturated carbocycles. The molecule has 174 valence electrons. The summed E-state index contributed by atoms with van der Waals surface area (Å²) in [5, 5.41) is 0. The first kappa shape index (κ1) is 25.6. The molecule has 1 aromatic carbocycles. The van der Waals surface area contributed by atoms with Gasteiger partial charge in [-0.05, 0) is 25.3 Å². The van der Waals surface area contributed by atoms with Crippen molar-refractivity contribution in [3.8, 4) is 0 Å². The molecule has 0 amide bonds. The Balaban J connectivity index is 1.24. The van der Waals surface area contributed by atoms with E-state index in [0.717, 1.165) is 13.2 Å². The van der Waals surface area contributed by atoms with Gasteiger partial charge in [0.15, 0.2) is 0 Å². The maximum Gasteiger partial charge on any atom is 0.0945 e. The van der Waals surface area contributed by atoms with Crippen LogP contribution in [0.25, 0.3) is 0 Å². The summed E-state index contributed by atoms with van der Waals surface area (Å²) in [4.78, 5) is 4.08. The fraction of sp³-hybridized carbons (Fsp3) is 0.667. The lowest BCUT2D eigenvalue weighted by molar-refractivity contribution is -0.0155. The van der Waals surface area contributed by atoms with Gasteiger partial charge in [-0.25, -0.2) is 4.98 Å². The molecule has 0 saturated heterocycles. The van der Waals surface area contributed by atoms with Gasteiger partial charge in [0, 0.05) is 25.5 Å². The lowest BCUT2D eigenvalue weighted by Crippen LogP contribution is -2.16. The Bertz CT molecular complexity index is 615. The molecule has 1 heterocycles. The van der Waals surface area contributed by atoms with Gasteiger partial charge in [-0.1, -0.05) is 94.5 Å². The highest BCUT2D eigenvalue weighted by molar-refractivity contribution is 5.13. The summed E-state index contributed by atoms with van der Waals surface area (Å²) in [5.74, 6) is 0. The maximum atomic E-state index is 5.83. The third kappa shape index (κ3) is 14.1. The number of imidazole rings is 1. The van der Waals surface area contributed by atoms with E-state index in [2.05, 4.69) is 34.8 Å². The van der Waals surface area contributed by atoms with Gasteiger partial charge in [-0.3, -0.25) is 0 Å². The van der Waals surface area contributed by atoms with Gasteiger partial charge < -0.3 is 14.0 Å². The molecule has 1 aromatic heterocycles. The molecule has 1 atom stereocenters. The van der Waals surface area contributed by atoms with Crippen molar-refractivity contribution in [1.82, 2.24) is 9.55 Å². The molecular weight excluding hydrogens is 384 g/mol. The molecule has 4 nitrogen and oxygen atoms in total. The van der Waals surface area contributed by atoms with Gasteiger partial charge in [0.25, 0.3) is 0 Å². The Hall–Kier alpha value is -1.65. The Morgan fingerprint density at radius 2 is 1.42 bits per heavy atom. The van der Waals surface area contributed by atoms with Crippen LogP contribution in [0.1, 0.15) is 89.5 Å². The molecule has 4 heteroatoms. The average molecular weight is 429 g/mol. The molecule has 0 bridgehead atoms. The van der Waals surface area contributed by atoms with E-state index in [1.54, 1.807) is 0 Å². The van der Waals surface area contributed by atoms with Crippen LogP contribution < -0.4 is 0 Å². The number of rotatable bonds is 20. The fourth-order valence-corrected chi connectivity index (χ4v) is 3.80. The second-order valence-corrected chi connectivity index (χ2v) is 8.73. The highest BCUT2D eigenvalue weighted by Gasteiger charge is 2.03. The zero-order chi connectivity index (χ0) is 21.8. The molecule has 31 heavy (non-hydrogen) atoms. The van der Waals surface area contributed by atoms with Crippen LogP contribution in [-0.2, 0) is 22.6 Å². The van der Waals surface area contributed by atoms with Crippen LogP contribution in [0.3, 0.4) is 0 Å². The van der Waals surface area contributed by atoms with Crippen molar-refractivity contribution in [2.75, 3.05) is 13.2 Å². The summed E-state index contributed by atoms with van der Waals surface area (Å²) >= 11 is 0. The van der Waals surface area contributed by atoms with E-state index in [-0.39, 0.29) is 6.10 Å². The maximum absolute atomic E-state index is 5.83. The van der Waals surface area contributed by atoms with Crippen molar-refractivity contribution in [3.05, 3.63) is 54.6 Å². The third-order valence-corrected chi connectivity index (χ3v) is 5.74. The standard InChI is InChI=1S/C27H44N2O2/c1-26(31-24-27-17-13-12-14-18-27)23-30-22-16-11-9-7-5-3-2-4-6-8-10-15-20-29-21-19-28-25-29/h12-14,17-19,21,25-26H,2-11,15-16,20,22-24H2,1H3. The van der Waals surface area contributed by atoms with Crippen molar-refractivity contribution in [3.63, 3.8) is 0 Å². The second-order valence-electron chi connectivity index (χ2n) is 8.73. The van der Waals surface area contributed by atoms with Crippen LogP contribution in [0.15, 0.2) is 49.1 Å². The minimum Gasteiger partial charge on any atom is -0.379 e. The zero-order valence-corrected chi connectivity index (χ0v) is 19.7. The van der Waals surface area contributed by atoms with Crippen LogP contribution in [0.2, 0.25) is 0 Å². The Morgan fingerprint density at radius 3 is 2.03 bits per heavy atom. The number of nitrogens with zero attached hydrogens (tertiary/aromatic N) is 2. The monoisotopic (exact) mass is 428 g/mol. The van der Waals surface area contributed by atoms with E-state index in [1.165, 1.54) is 82.6 Å². The smallest absolute Gasteiger partial charge is 0.0945 e. The van der Waals surface area contributed by atoms with E-state index >= 15 is 0 Å². The number of aromatic nitrogens is 2. The summed E-state index contributed by atoms with van der Waals surface area (Å²) < 4.78 is 13.8. The lowest BCUT2D eigenvalue weighted by atomic mass is 10.1. The van der Waals surface area contributed by atoms with Gasteiger partial charge in [0.05, 0.1) is 25.6 Å². The largest absolute Gasteiger partial charge is 0.379 e. The first-order valence-corrected chi connectivity index (χ1v) is 12.5. The van der Waals surface area contributed by atoms with E-state index in [1.807, 2.05) is 30.7 Å². The normalized spacial score (nSPS) is 12.3. The van der Waals surface area contributed by atoms with Gasteiger partial charge in [0.1, 0.15) is 0 Å². The quantitative estimate of drug-likeness (QED) is 0.209. The molecule has 0 N–H and O–H groups in total. The number of unbranched alkanes of at least 4 members (excludes halogenated alkanes) is 11. The first-order chi connectivity index (χ1) is 15.3. The van der Waals surface area contributed by atoms with Crippen LogP contribution in [0, 0.1) is 0 Å². The van der Waals surface area contributed by atoms with Crippen LogP contribution in [0.5, 0.6) is 0 Å². The molecule has 0 aliphatic carbocycles. The number of ether oxygens (including phenoxy) is 2. The molecule has 0 aliphatic heterocycles. The summed E-state index contributed by atoms with van der Waals surface area (Å²) in [5.41, 5.74) is 1.22. The topological polar surface area (TPSA) is 36.3 Å². The molecule has 0 radical (unpaired) electrons. The lowest BCUT2D eigenvalue weighted by Gasteiger charge is -2.13. The predicted molar refractivity (Wildman–Crippen MR) is 129 cm³/mol. The molecule has 0 fully saturated rings. The summed E-state index contributed by atoms with van der Waals surface area (Å²) in [6.07, 6.45) is 22.2. The van der Waals surface area contributed by atoms with Crippen molar-refractivity contribution in [2.24, 2.45) is 0 Å². The molecule has 2 rings (SSSR count). The van der Waals surface area contributed by atoms with E-state index in [9.17, 15) is 0 Å². The van der Waals surface area contributed by atoms with E-state index < -0.39 is 0 Å². The van der Waals surface area contributed by atoms with Crippen molar-refractivity contribution < 1.29 is 9.47 Å². The van der Waals surface area contributed by atoms with Crippen LogP contribution in [-0.4, -0.2) is 28.9 Å². The Kier molecular flexibility index (Phi) is 14.8. The molecule has 1 unspecified atom stereocenters. The van der Waals surface area contributed by atoms with E-state index in [0.29, 0.717) is 13.2 Å².